The van der Waals surface area contributed by atoms with Crippen LogP contribution in [-0.4, -0.2) is 9.97 Å². The summed E-state index contributed by atoms with van der Waals surface area (Å²) in [6.07, 6.45) is -0.289. The predicted octanol–water partition coefficient (Wildman–Crippen LogP) is 3.97. The third-order valence-corrected chi connectivity index (χ3v) is 3.86. The molecule has 1 heterocycles. The highest BCUT2D eigenvalue weighted by atomic mass is 19.1. The van der Waals surface area contributed by atoms with Gasteiger partial charge in [-0.1, -0.05) is 12.1 Å². The Morgan fingerprint density at radius 2 is 1.50 bits per heavy atom. The van der Waals surface area contributed by atoms with E-state index in [0.29, 0.717) is 0 Å². The second-order valence-electron chi connectivity index (χ2n) is 5.58. The molecule has 0 aliphatic rings. The highest BCUT2D eigenvalue weighted by Crippen LogP contribution is 2.22. The van der Waals surface area contributed by atoms with Crippen molar-refractivity contribution in [1.29, 1.82) is 0 Å². The van der Waals surface area contributed by atoms with Gasteiger partial charge in [-0.05, 0) is 31.2 Å². The number of nitrogens with one attached hydrogen (secondary N) is 2. The number of halogens is 4. The summed E-state index contributed by atoms with van der Waals surface area (Å²) >= 11 is 0. The number of hydrogen-bond donors (Lipinski definition) is 2. The lowest BCUT2D eigenvalue weighted by Crippen LogP contribution is -2.18. The van der Waals surface area contributed by atoms with E-state index in [9.17, 15) is 22.4 Å². The van der Waals surface area contributed by atoms with E-state index in [1.54, 1.807) is 0 Å². The molecule has 8 heteroatoms. The molecule has 4 nitrogen and oxygen atoms in total. The first-order valence-corrected chi connectivity index (χ1v) is 7.60. The summed E-state index contributed by atoms with van der Waals surface area (Å²) in [5.41, 5.74) is -1.12. The van der Waals surface area contributed by atoms with E-state index in [4.69, 9.17) is 0 Å². The number of nitrogens with zero attached hydrogens (tertiary/aromatic N) is 1. The number of para-hydroxylation sites is 1. The second kappa shape index (κ2) is 6.99. The fourth-order valence-corrected chi connectivity index (χ4v) is 2.41. The zero-order valence-corrected chi connectivity index (χ0v) is 13.5. The number of anilines is 2. The summed E-state index contributed by atoms with van der Waals surface area (Å²) in [7, 11) is 0. The minimum absolute atomic E-state index is 0.0806. The van der Waals surface area contributed by atoms with Gasteiger partial charge in [-0.2, -0.15) is 0 Å². The molecule has 2 aromatic carbocycles. The first-order chi connectivity index (χ1) is 12.4. The number of H-pyrrole nitrogens is 1. The minimum atomic E-state index is -0.880. The number of hydrogen-bond acceptors (Lipinski definition) is 3. The van der Waals surface area contributed by atoms with Crippen molar-refractivity contribution in [1.82, 2.24) is 9.97 Å². The first-order valence-electron chi connectivity index (χ1n) is 7.60. The molecule has 1 aromatic heterocycles. The molecule has 0 bridgehead atoms. The maximum atomic E-state index is 13.9. The monoisotopic (exact) mass is 363 g/mol. The van der Waals surface area contributed by atoms with Crippen LogP contribution >= 0.6 is 0 Å². The lowest BCUT2D eigenvalue weighted by molar-refractivity contribution is 0.560. The Morgan fingerprint density at radius 1 is 0.962 bits per heavy atom. The fourth-order valence-electron chi connectivity index (χ4n) is 2.41. The maximum Gasteiger partial charge on any atom is 0.255 e. The molecular weight excluding hydrogens is 350 g/mol. The lowest BCUT2D eigenvalue weighted by atomic mass is 10.1. The zero-order chi connectivity index (χ0) is 18.8. The standard InChI is InChI=1S/C18H13F4N3O/c1-9-15(8-10-11(19)4-2-5-12(10)20)23-18(25-17(9)26)24-16-13(21)6-3-7-14(16)22/h2-7H,8H2,1H3,(H2,23,24,25,26). The molecule has 0 fully saturated rings. The number of aromatic amines is 1. The molecule has 3 rings (SSSR count). The van der Waals surface area contributed by atoms with Gasteiger partial charge < -0.3 is 5.32 Å². The smallest absolute Gasteiger partial charge is 0.255 e. The van der Waals surface area contributed by atoms with Crippen LogP contribution in [0, 0.1) is 30.2 Å². The highest BCUT2D eigenvalue weighted by molar-refractivity contribution is 5.55. The third kappa shape index (κ3) is 3.44. The summed E-state index contributed by atoms with van der Waals surface area (Å²) < 4.78 is 55.2. The third-order valence-electron chi connectivity index (χ3n) is 3.86. The van der Waals surface area contributed by atoms with E-state index in [1.807, 2.05) is 0 Å². The van der Waals surface area contributed by atoms with Crippen LogP contribution in [0.3, 0.4) is 0 Å². The molecule has 0 unspecified atom stereocenters. The molecule has 0 saturated carbocycles. The Kier molecular flexibility index (Phi) is 4.75. The van der Waals surface area contributed by atoms with E-state index < -0.39 is 34.5 Å². The van der Waals surface area contributed by atoms with E-state index in [0.717, 1.165) is 24.3 Å². The van der Waals surface area contributed by atoms with Gasteiger partial charge in [0.05, 0.1) is 5.69 Å². The highest BCUT2D eigenvalue weighted by Gasteiger charge is 2.16. The average Bonchev–Trinajstić information content (AvgIpc) is 2.58. The van der Waals surface area contributed by atoms with Gasteiger partial charge in [0.1, 0.15) is 29.0 Å². The van der Waals surface area contributed by atoms with Crippen molar-refractivity contribution in [3.8, 4) is 0 Å². The van der Waals surface area contributed by atoms with Gasteiger partial charge >= 0.3 is 0 Å². The normalized spacial score (nSPS) is 10.8. The van der Waals surface area contributed by atoms with Crippen molar-refractivity contribution in [2.75, 3.05) is 5.32 Å². The quantitative estimate of drug-likeness (QED) is 0.690. The van der Waals surface area contributed by atoms with Crippen LogP contribution < -0.4 is 10.9 Å². The minimum Gasteiger partial charge on any atom is -0.321 e. The lowest BCUT2D eigenvalue weighted by Gasteiger charge is -2.11. The van der Waals surface area contributed by atoms with Gasteiger partial charge in [-0.15, -0.1) is 0 Å². The van der Waals surface area contributed by atoms with Crippen LogP contribution in [-0.2, 0) is 6.42 Å². The number of rotatable bonds is 4. The SMILES string of the molecule is Cc1c(Cc2c(F)cccc2F)nc(Nc2c(F)cccc2F)[nH]c1=O. The Morgan fingerprint density at radius 3 is 2.08 bits per heavy atom. The van der Waals surface area contributed by atoms with Crippen LogP contribution in [0.1, 0.15) is 16.8 Å². The zero-order valence-electron chi connectivity index (χ0n) is 13.5. The molecule has 0 atom stereocenters. The Bertz CT molecular complexity index is 993. The first kappa shape index (κ1) is 17.7. The van der Waals surface area contributed by atoms with Crippen LogP contribution in [0.25, 0.3) is 0 Å². The summed E-state index contributed by atoms with van der Waals surface area (Å²) in [6, 6.07) is 6.66. The Hall–Kier alpha value is -3.16. The van der Waals surface area contributed by atoms with Gasteiger partial charge in [0, 0.05) is 17.5 Å². The molecular formula is C18H13F4N3O. The van der Waals surface area contributed by atoms with Crippen molar-refractivity contribution in [2.45, 2.75) is 13.3 Å². The van der Waals surface area contributed by atoms with Crippen molar-refractivity contribution >= 4 is 11.6 Å². The summed E-state index contributed by atoms with van der Waals surface area (Å²) in [4.78, 5) is 18.5. The number of benzene rings is 2. The molecule has 0 saturated heterocycles. The van der Waals surface area contributed by atoms with Crippen molar-refractivity contribution in [3.63, 3.8) is 0 Å². The Labute approximate surface area is 145 Å². The molecule has 2 N–H and O–H groups in total. The Balaban J connectivity index is 2.02. The van der Waals surface area contributed by atoms with Gasteiger partial charge in [-0.25, -0.2) is 22.5 Å². The van der Waals surface area contributed by atoms with Gasteiger partial charge in [0.25, 0.3) is 5.56 Å². The molecule has 0 radical (unpaired) electrons. The van der Waals surface area contributed by atoms with Crippen molar-refractivity contribution < 1.29 is 17.6 Å². The van der Waals surface area contributed by atoms with Crippen molar-refractivity contribution in [3.05, 3.63) is 86.8 Å². The predicted molar refractivity (Wildman–Crippen MR) is 88.4 cm³/mol. The van der Waals surface area contributed by atoms with Gasteiger partial charge in [0.2, 0.25) is 5.95 Å². The molecule has 134 valence electrons. The van der Waals surface area contributed by atoms with E-state index in [1.165, 1.54) is 19.1 Å². The molecule has 3 aromatic rings. The summed E-state index contributed by atoms with van der Waals surface area (Å²) in [5.74, 6) is -3.55. The molecule has 0 amide bonds. The molecule has 0 aliphatic heterocycles. The number of aromatic nitrogens is 2. The second-order valence-corrected chi connectivity index (χ2v) is 5.58. The van der Waals surface area contributed by atoms with Gasteiger partial charge in [0.15, 0.2) is 0 Å². The topological polar surface area (TPSA) is 57.8 Å². The average molecular weight is 363 g/mol. The summed E-state index contributed by atoms with van der Waals surface area (Å²) in [6.45, 7) is 1.44. The van der Waals surface area contributed by atoms with Crippen LogP contribution in [0.2, 0.25) is 0 Å². The van der Waals surface area contributed by atoms with Crippen molar-refractivity contribution in [2.24, 2.45) is 0 Å². The molecule has 26 heavy (non-hydrogen) atoms. The fraction of sp³-hybridized carbons (Fsp3) is 0.111. The molecule has 0 aliphatic carbocycles. The van der Waals surface area contributed by atoms with Crippen LogP contribution in [0.5, 0.6) is 0 Å². The van der Waals surface area contributed by atoms with Gasteiger partial charge in [-0.3, -0.25) is 9.78 Å². The van der Waals surface area contributed by atoms with Crippen LogP contribution in [0.4, 0.5) is 29.2 Å². The maximum absolute atomic E-state index is 13.9. The summed E-state index contributed by atoms with van der Waals surface area (Å²) in [5, 5.41) is 2.36. The largest absolute Gasteiger partial charge is 0.321 e. The van der Waals surface area contributed by atoms with E-state index >= 15 is 0 Å². The van der Waals surface area contributed by atoms with E-state index in [2.05, 4.69) is 15.3 Å². The van der Waals surface area contributed by atoms with E-state index in [-0.39, 0.29) is 29.2 Å². The molecule has 0 spiro atoms. The van der Waals surface area contributed by atoms with Crippen LogP contribution in [0.15, 0.2) is 41.2 Å².